The van der Waals surface area contributed by atoms with E-state index in [-0.39, 0.29) is 30.2 Å². The zero-order chi connectivity index (χ0) is 20.4. The molecule has 8 nitrogen and oxygen atoms in total. The highest BCUT2D eigenvalue weighted by molar-refractivity contribution is 7.92. The number of aliphatic carboxylic acids is 1. The van der Waals surface area contributed by atoms with Gasteiger partial charge < -0.3 is 14.9 Å². The van der Waals surface area contributed by atoms with Gasteiger partial charge in [-0.1, -0.05) is 12.1 Å². The Kier molecular flexibility index (Phi) is 6.23. The van der Waals surface area contributed by atoms with Crippen LogP contribution in [0.15, 0.2) is 24.3 Å². The normalized spacial score (nSPS) is 25.3. The van der Waals surface area contributed by atoms with Gasteiger partial charge in [-0.15, -0.1) is 0 Å². The van der Waals surface area contributed by atoms with Crippen molar-refractivity contribution in [2.24, 2.45) is 5.92 Å². The first kappa shape index (κ1) is 20.9. The first-order chi connectivity index (χ1) is 12.6. The van der Waals surface area contributed by atoms with Gasteiger partial charge in [-0.2, -0.15) is 5.26 Å². The molecule has 9 heteroatoms. The Bertz CT molecular complexity index is 871. The van der Waals surface area contributed by atoms with Crippen LogP contribution in [-0.2, 0) is 14.6 Å². The summed E-state index contributed by atoms with van der Waals surface area (Å²) in [6.45, 7) is 1.72. The molecule has 0 unspecified atom stereocenters. The third kappa shape index (κ3) is 4.46. The third-order valence-corrected chi connectivity index (χ3v) is 7.12. The highest BCUT2D eigenvalue weighted by Gasteiger charge is 2.53. The molecule has 0 saturated carbocycles. The molecule has 0 bridgehead atoms. The number of sulfone groups is 1. The van der Waals surface area contributed by atoms with Crippen LogP contribution < -0.4 is 0 Å². The number of fused-ring (bicyclic) bond motifs is 1. The zero-order valence-corrected chi connectivity index (χ0v) is 16.3. The van der Waals surface area contributed by atoms with Crippen LogP contribution >= 0.6 is 0 Å². The van der Waals surface area contributed by atoms with E-state index in [1.54, 1.807) is 29.2 Å². The topological polar surface area (TPSA) is 119 Å². The average Bonchev–Trinajstić information content (AvgIpc) is 3.13. The van der Waals surface area contributed by atoms with E-state index < -0.39 is 21.1 Å². The number of nitrogens with zero attached hydrogens (tertiary/aromatic N) is 3. The fourth-order valence-electron chi connectivity index (χ4n) is 3.67. The highest BCUT2D eigenvalue weighted by Crippen LogP contribution is 2.36. The minimum Gasteiger partial charge on any atom is -0.481 e. The summed E-state index contributed by atoms with van der Waals surface area (Å²) in [4.78, 5) is 25.2. The molecule has 0 aromatic heterocycles. The maximum absolute atomic E-state index is 12.7. The largest absolute Gasteiger partial charge is 0.481 e. The van der Waals surface area contributed by atoms with Gasteiger partial charge >= 0.3 is 0 Å². The van der Waals surface area contributed by atoms with E-state index in [4.69, 9.17) is 15.2 Å². The molecule has 3 atom stereocenters. The number of carboxylic acid groups (broad SMARTS) is 1. The first-order valence-electron chi connectivity index (χ1n) is 8.44. The van der Waals surface area contributed by atoms with E-state index in [9.17, 15) is 13.2 Å². The van der Waals surface area contributed by atoms with Crippen LogP contribution in [0, 0.1) is 17.2 Å². The summed E-state index contributed by atoms with van der Waals surface area (Å²) in [5, 5.41) is 16.1. The lowest BCUT2D eigenvalue weighted by Gasteiger charge is -2.25. The molecule has 3 rings (SSSR count). The second kappa shape index (κ2) is 8.06. The second-order valence-electron chi connectivity index (χ2n) is 6.95. The Morgan fingerprint density at radius 1 is 1.26 bits per heavy atom. The highest BCUT2D eigenvalue weighted by atomic mass is 32.2. The Labute approximate surface area is 158 Å². The monoisotopic (exact) mass is 393 g/mol. The molecule has 2 saturated heterocycles. The Balaban J connectivity index is 0.000000596. The maximum atomic E-state index is 12.7. The standard InChI is InChI=1S/C16H19N3O3S.C2H4O2/c1-18(2)14-10-23(21,22)15-9-19(8-13(14)15)16(20)12-6-4-3-5-11(12)7-17;1-2(3)4/h3-6,13-15H,8-10H2,1-2H3;1H3,(H,3,4)/t13-,14+,15-;/m0./s1. The SMILES string of the molecule is CC(=O)O.CN(C)[C@@H]1CS(=O)(=O)[C@H]2CN(C(=O)c3ccccc3C#N)C[C@@H]12. The van der Waals surface area contributed by atoms with Crippen LogP contribution in [0.3, 0.4) is 0 Å². The molecule has 1 aromatic carbocycles. The zero-order valence-electron chi connectivity index (χ0n) is 15.5. The van der Waals surface area contributed by atoms with Crippen LogP contribution in [0.2, 0.25) is 0 Å². The number of hydrogen-bond donors (Lipinski definition) is 1. The molecular weight excluding hydrogens is 370 g/mol. The molecule has 2 heterocycles. The van der Waals surface area contributed by atoms with Crippen LogP contribution in [0.1, 0.15) is 22.8 Å². The molecule has 146 valence electrons. The number of benzene rings is 1. The predicted molar refractivity (Wildman–Crippen MR) is 98.9 cm³/mol. The summed E-state index contributed by atoms with van der Waals surface area (Å²) in [6, 6.07) is 8.60. The first-order valence-corrected chi connectivity index (χ1v) is 10.2. The molecule has 1 N–H and O–H groups in total. The lowest BCUT2D eigenvalue weighted by molar-refractivity contribution is -0.134. The van der Waals surface area contributed by atoms with Gasteiger partial charge in [0.25, 0.3) is 11.9 Å². The smallest absolute Gasteiger partial charge is 0.300 e. The van der Waals surface area contributed by atoms with E-state index in [0.717, 1.165) is 6.92 Å². The van der Waals surface area contributed by atoms with Gasteiger partial charge in [0, 0.05) is 32.0 Å². The Hall–Kier alpha value is -2.44. The molecule has 27 heavy (non-hydrogen) atoms. The number of carbonyl (C=O) groups is 2. The Morgan fingerprint density at radius 2 is 1.85 bits per heavy atom. The molecule has 2 aliphatic rings. The van der Waals surface area contributed by atoms with Crippen molar-refractivity contribution in [2.75, 3.05) is 32.9 Å². The van der Waals surface area contributed by atoms with Crippen LogP contribution in [0.4, 0.5) is 0 Å². The minimum absolute atomic E-state index is 0.0611. The van der Waals surface area contributed by atoms with Gasteiger partial charge in [0.15, 0.2) is 9.84 Å². The number of hydrogen-bond acceptors (Lipinski definition) is 6. The van der Waals surface area contributed by atoms with Crippen molar-refractivity contribution in [1.29, 1.82) is 5.26 Å². The lowest BCUT2D eigenvalue weighted by atomic mass is 10.00. The van der Waals surface area contributed by atoms with Gasteiger partial charge in [0.2, 0.25) is 0 Å². The molecule has 0 aliphatic carbocycles. The van der Waals surface area contributed by atoms with E-state index in [0.29, 0.717) is 17.7 Å². The summed E-state index contributed by atoms with van der Waals surface area (Å²) < 4.78 is 24.7. The second-order valence-corrected chi connectivity index (χ2v) is 9.21. The number of carbonyl (C=O) groups excluding carboxylic acids is 1. The molecule has 2 fully saturated rings. The maximum Gasteiger partial charge on any atom is 0.300 e. The Morgan fingerprint density at radius 3 is 2.41 bits per heavy atom. The van der Waals surface area contributed by atoms with Crippen molar-refractivity contribution < 1.29 is 23.1 Å². The number of amides is 1. The summed E-state index contributed by atoms with van der Waals surface area (Å²) >= 11 is 0. The summed E-state index contributed by atoms with van der Waals surface area (Å²) in [5.41, 5.74) is 0.662. The predicted octanol–water partition coefficient (Wildman–Crippen LogP) is 0.448. The number of rotatable bonds is 2. The van der Waals surface area contributed by atoms with Crippen molar-refractivity contribution in [2.45, 2.75) is 18.2 Å². The molecule has 0 radical (unpaired) electrons. The van der Waals surface area contributed by atoms with E-state index >= 15 is 0 Å². The summed E-state index contributed by atoms with van der Waals surface area (Å²) in [5.74, 6) is -0.996. The van der Waals surface area contributed by atoms with Gasteiger partial charge in [-0.25, -0.2) is 8.42 Å². The van der Waals surface area contributed by atoms with Crippen molar-refractivity contribution in [3.8, 4) is 6.07 Å². The van der Waals surface area contributed by atoms with Crippen molar-refractivity contribution in [3.63, 3.8) is 0 Å². The molecule has 0 spiro atoms. The number of nitriles is 1. The van der Waals surface area contributed by atoms with Gasteiger partial charge in [-0.05, 0) is 26.2 Å². The number of carboxylic acids is 1. The lowest BCUT2D eigenvalue weighted by Crippen LogP contribution is -2.38. The van der Waals surface area contributed by atoms with Crippen LogP contribution in [-0.4, -0.2) is 79.4 Å². The van der Waals surface area contributed by atoms with Crippen LogP contribution in [0.25, 0.3) is 0 Å². The molecule has 2 aliphatic heterocycles. The summed E-state index contributed by atoms with van der Waals surface area (Å²) in [6.07, 6.45) is 0. The fourth-order valence-corrected chi connectivity index (χ4v) is 6.14. The van der Waals surface area contributed by atoms with Gasteiger partial charge in [0.1, 0.15) is 0 Å². The third-order valence-electron chi connectivity index (χ3n) is 4.90. The van der Waals surface area contributed by atoms with Crippen LogP contribution in [0.5, 0.6) is 0 Å². The van der Waals surface area contributed by atoms with Crippen molar-refractivity contribution in [1.82, 2.24) is 9.80 Å². The van der Waals surface area contributed by atoms with E-state index in [2.05, 4.69) is 0 Å². The van der Waals surface area contributed by atoms with E-state index in [1.807, 2.05) is 25.1 Å². The quantitative estimate of drug-likeness (QED) is 0.775. The average molecular weight is 393 g/mol. The fraction of sp³-hybridized carbons (Fsp3) is 0.500. The molecular formula is C18H23N3O5S. The van der Waals surface area contributed by atoms with Crippen molar-refractivity contribution >= 4 is 21.7 Å². The van der Waals surface area contributed by atoms with Crippen molar-refractivity contribution in [3.05, 3.63) is 35.4 Å². The number of likely N-dealkylation sites (tertiary alicyclic amines) is 1. The van der Waals surface area contributed by atoms with Gasteiger partial charge in [0.05, 0.1) is 28.2 Å². The summed E-state index contributed by atoms with van der Waals surface area (Å²) in [7, 11) is 0.563. The van der Waals surface area contributed by atoms with Gasteiger partial charge in [-0.3, -0.25) is 9.59 Å². The van der Waals surface area contributed by atoms with E-state index in [1.165, 1.54) is 0 Å². The molecule has 1 aromatic rings. The molecule has 1 amide bonds. The minimum atomic E-state index is -3.18.